The number of benzene rings is 1. The van der Waals surface area contributed by atoms with Crippen molar-refractivity contribution in [3.63, 3.8) is 0 Å². The molecule has 6 heteroatoms. The van der Waals surface area contributed by atoms with Crippen molar-refractivity contribution in [1.29, 1.82) is 0 Å². The van der Waals surface area contributed by atoms with E-state index >= 15 is 0 Å². The second-order valence-electron chi connectivity index (χ2n) is 4.19. The summed E-state index contributed by atoms with van der Waals surface area (Å²) in [6.07, 6.45) is 3.40. The van der Waals surface area contributed by atoms with Crippen LogP contribution in [0.1, 0.15) is 10.4 Å². The third-order valence-electron chi connectivity index (χ3n) is 2.83. The maximum absolute atomic E-state index is 13.0. The van der Waals surface area contributed by atoms with Crippen molar-refractivity contribution >= 4 is 28.7 Å². The average Bonchev–Trinajstić information content (AvgIpc) is 2.85. The number of halogens is 2. The second kappa shape index (κ2) is 4.94. The van der Waals surface area contributed by atoms with E-state index in [9.17, 15) is 9.18 Å². The molecule has 0 aliphatic heterocycles. The summed E-state index contributed by atoms with van der Waals surface area (Å²) in [7, 11) is 0. The molecule has 0 saturated carbocycles. The van der Waals surface area contributed by atoms with Gasteiger partial charge in [-0.3, -0.25) is 4.79 Å². The first-order valence-corrected chi connectivity index (χ1v) is 6.21. The van der Waals surface area contributed by atoms with Gasteiger partial charge in [0.1, 0.15) is 5.82 Å². The van der Waals surface area contributed by atoms with Crippen molar-refractivity contribution in [2.45, 2.75) is 0 Å². The van der Waals surface area contributed by atoms with Gasteiger partial charge in [-0.1, -0.05) is 11.6 Å². The Hall–Kier alpha value is -2.40. The van der Waals surface area contributed by atoms with Crippen LogP contribution >= 0.6 is 11.6 Å². The topological polar surface area (TPSA) is 46.4 Å². The summed E-state index contributed by atoms with van der Waals surface area (Å²) in [6, 6.07) is 8.97. The van der Waals surface area contributed by atoms with Crippen LogP contribution in [0, 0.1) is 5.82 Å². The molecule has 1 aromatic carbocycles. The van der Waals surface area contributed by atoms with E-state index in [1.54, 1.807) is 29.0 Å². The maximum atomic E-state index is 13.0. The number of anilines is 1. The number of nitrogens with one attached hydrogen (secondary N) is 1. The van der Waals surface area contributed by atoms with Gasteiger partial charge in [-0.2, -0.15) is 5.10 Å². The third kappa shape index (κ3) is 2.35. The number of carbonyl (C=O) groups is 1. The largest absolute Gasteiger partial charge is 0.322 e. The van der Waals surface area contributed by atoms with Crippen LogP contribution in [0.5, 0.6) is 0 Å². The van der Waals surface area contributed by atoms with Gasteiger partial charge in [-0.05, 0) is 36.4 Å². The van der Waals surface area contributed by atoms with E-state index in [4.69, 9.17) is 11.6 Å². The Morgan fingerprint density at radius 1 is 1.25 bits per heavy atom. The van der Waals surface area contributed by atoms with Crippen LogP contribution in [0.3, 0.4) is 0 Å². The fourth-order valence-corrected chi connectivity index (χ4v) is 2.12. The monoisotopic (exact) mass is 289 g/mol. The third-order valence-corrected chi connectivity index (χ3v) is 3.15. The van der Waals surface area contributed by atoms with Crippen LogP contribution in [0.4, 0.5) is 10.1 Å². The number of hydrogen-bond acceptors (Lipinski definition) is 2. The smallest absolute Gasteiger partial charge is 0.257 e. The zero-order valence-corrected chi connectivity index (χ0v) is 10.9. The fraction of sp³-hybridized carbons (Fsp3) is 0. The van der Waals surface area contributed by atoms with Gasteiger partial charge >= 0.3 is 0 Å². The van der Waals surface area contributed by atoms with Gasteiger partial charge in [-0.15, -0.1) is 0 Å². The molecule has 2 heterocycles. The van der Waals surface area contributed by atoms with Gasteiger partial charge in [0.05, 0.1) is 16.1 Å². The van der Waals surface area contributed by atoms with Crippen molar-refractivity contribution in [3.8, 4) is 0 Å². The number of nitrogens with zero attached hydrogens (tertiary/aromatic N) is 2. The van der Waals surface area contributed by atoms with Gasteiger partial charge in [0, 0.05) is 18.1 Å². The lowest BCUT2D eigenvalue weighted by Gasteiger charge is -2.07. The zero-order valence-electron chi connectivity index (χ0n) is 10.2. The molecule has 0 fully saturated rings. The summed E-state index contributed by atoms with van der Waals surface area (Å²) in [5.74, 6) is -0.869. The van der Waals surface area contributed by atoms with Gasteiger partial charge in [0.15, 0.2) is 0 Å². The SMILES string of the molecule is O=C(Nc1ccn2nccc2c1)c1ccc(F)cc1Cl. The number of amides is 1. The fourth-order valence-electron chi connectivity index (χ4n) is 1.87. The zero-order chi connectivity index (χ0) is 14.1. The molecule has 0 unspecified atom stereocenters. The summed E-state index contributed by atoms with van der Waals surface area (Å²) in [6.45, 7) is 0. The molecular formula is C14H9ClFN3O. The van der Waals surface area contributed by atoms with Crippen LogP contribution in [0.15, 0.2) is 48.8 Å². The average molecular weight is 290 g/mol. The molecule has 1 amide bonds. The van der Waals surface area contributed by atoms with E-state index in [1.165, 1.54) is 12.1 Å². The van der Waals surface area contributed by atoms with E-state index in [-0.39, 0.29) is 16.5 Å². The summed E-state index contributed by atoms with van der Waals surface area (Å²) in [5, 5.41) is 6.85. The van der Waals surface area contributed by atoms with E-state index in [2.05, 4.69) is 10.4 Å². The van der Waals surface area contributed by atoms with Crippen LogP contribution < -0.4 is 5.32 Å². The molecule has 4 nitrogen and oxygen atoms in total. The molecular weight excluding hydrogens is 281 g/mol. The molecule has 3 aromatic rings. The van der Waals surface area contributed by atoms with Gasteiger partial charge in [0.2, 0.25) is 0 Å². The van der Waals surface area contributed by atoms with E-state index in [0.717, 1.165) is 11.6 Å². The molecule has 0 radical (unpaired) electrons. The van der Waals surface area contributed by atoms with Crippen molar-refractivity contribution in [2.24, 2.45) is 0 Å². The molecule has 1 N–H and O–H groups in total. The number of carbonyl (C=O) groups excluding carboxylic acids is 1. The van der Waals surface area contributed by atoms with Gasteiger partial charge < -0.3 is 5.32 Å². The molecule has 0 saturated heterocycles. The molecule has 0 spiro atoms. The first kappa shape index (κ1) is 12.6. The first-order chi connectivity index (χ1) is 9.63. The maximum Gasteiger partial charge on any atom is 0.257 e. The molecule has 100 valence electrons. The molecule has 0 atom stereocenters. The van der Waals surface area contributed by atoms with Crippen LogP contribution in [-0.2, 0) is 0 Å². The minimum atomic E-state index is -0.479. The quantitative estimate of drug-likeness (QED) is 0.786. The highest BCUT2D eigenvalue weighted by molar-refractivity contribution is 6.34. The molecule has 2 aromatic heterocycles. The Morgan fingerprint density at radius 3 is 2.90 bits per heavy atom. The number of aromatic nitrogens is 2. The van der Waals surface area contributed by atoms with Crippen LogP contribution in [0.25, 0.3) is 5.52 Å². The van der Waals surface area contributed by atoms with Crippen LogP contribution in [-0.4, -0.2) is 15.5 Å². The lowest BCUT2D eigenvalue weighted by Crippen LogP contribution is -2.12. The minimum Gasteiger partial charge on any atom is -0.322 e. The van der Waals surface area contributed by atoms with Gasteiger partial charge in [-0.25, -0.2) is 8.91 Å². The lowest BCUT2D eigenvalue weighted by atomic mass is 10.2. The van der Waals surface area contributed by atoms with E-state index in [1.807, 2.05) is 6.07 Å². The highest BCUT2D eigenvalue weighted by atomic mass is 35.5. The van der Waals surface area contributed by atoms with Crippen molar-refractivity contribution in [2.75, 3.05) is 5.32 Å². The summed E-state index contributed by atoms with van der Waals surface area (Å²) >= 11 is 5.85. The van der Waals surface area contributed by atoms with E-state index in [0.29, 0.717) is 5.69 Å². The standard InChI is InChI=1S/C14H9ClFN3O/c15-13-7-9(16)1-2-12(13)14(20)18-10-4-6-19-11(8-10)3-5-17-19/h1-8H,(H,18,20). The molecule has 0 aliphatic rings. The number of pyridine rings is 1. The highest BCUT2D eigenvalue weighted by Crippen LogP contribution is 2.19. The van der Waals surface area contributed by atoms with Crippen molar-refractivity contribution in [1.82, 2.24) is 9.61 Å². The summed E-state index contributed by atoms with van der Waals surface area (Å²) < 4.78 is 14.6. The summed E-state index contributed by atoms with van der Waals surface area (Å²) in [5.41, 5.74) is 1.69. The predicted molar refractivity (Wildman–Crippen MR) is 74.6 cm³/mol. The predicted octanol–water partition coefficient (Wildman–Crippen LogP) is 3.38. The Morgan fingerprint density at radius 2 is 2.10 bits per heavy atom. The van der Waals surface area contributed by atoms with Crippen molar-refractivity contribution in [3.05, 3.63) is 65.2 Å². The van der Waals surface area contributed by atoms with Crippen LogP contribution in [0.2, 0.25) is 5.02 Å². The number of fused-ring (bicyclic) bond motifs is 1. The lowest BCUT2D eigenvalue weighted by molar-refractivity contribution is 0.102. The number of rotatable bonds is 2. The minimum absolute atomic E-state index is 0.0768. The normalized spacial score (nSPS) is 10.7. The Bertz CT molecular complexity index is 800. The van der Waals surface area contributed by atoms with Gasteiger partial charge in [0.25, 0.3) is 5.91 Å². The molecule has 0 bridgehead atoms. The molecule has 3 rings (SSSR count). The number of hydrogen-bond donors (Lipinski definition) is 1. The van der Waals surface area contributed by atoms with Crippen molar-refractivity contribution < 1.29 is 9.18 Å². The molecule has 0 aliphatic carbocycles. The molecule has 20 heavy (non-hydrogen) atoms. The Kier molecular flexibility index (Phi) is 3.12. The summed E-state index contributed by atoms with van der Waals surface area (Å²) in [4.78, 5) is 12.1. The highest BCUT2D eigenvalue weighted by Gasteiger charge is 2.11. The Balaban J connectivity index is 1.87. The first-order valence-electron chi connectivity index (χ1n) is 5.83. The Labute approximate surface area is 118 Å². The second-order valence-corrected chi connectivity index (χ2v) is 4.60. The van der Waals surface area contributed by atoms with E-state index < -0.39 is 5.82 Å².